The van der Waals surface area contributed by atoms with Crippen molar-refractivity contribution in [2.24, 2.45) is 0 Å². The van der Waals surface area contributed by atoms with Crippen LogP contribution in [0, 0.1) is 0 Å². The average Bonchev–Trinajstić information content (AvgIpc) is 3.17. The summed E-state index contributed by atoms with van der Waals surface area (Å²) in [6, 6.07) is 14.5. The molecule has 0 unspecified atom stereocenters. The van der Waals surface area contributed by atoms with Crippen LogP contribution in [0.5, 0.6) is 11.5 Å². The third-order valence-corrected chi connectivity index (χ3v) is 4.59. The molecular formula is C19H16ClNO4S. The first kappa shape index (κ1) is 18.2. The Labute approximate surface area is 160 Å². The zero-order valence-corrected chi connectivity index (χ0v) is 15.5. The third kappa shape index (κ3) is 4.74. The van der Waals surface area contributed by atoms with E-state index in [1.807, 2.05) is 24.3 Å². The highest BCUT2D eigenvalue weighted by Crippen LogP contribution is 2.26. The van der Waals surface area contributed by atoms with Crippen LogP contribution in [-0.4, -0.2) is 31.3 Å². The van der Waals surface area contributed by atoms with Crippen molar-refractivity contribution in [3.8, 4) is 22.1 Å². The van der Waals surface area contributed by atoms with E-state index < -0.39 is 5.97 Å². The number of thiazole rings is 1. The van der Waals surface area contributed by atoms with Gasteiger partial charge >= 0.3 is 5.97 Å². The van der Waals surface area contributed by atoms with Gasteiger partial charge in [-0.15, -0.1) is 11.3 Å². The Balaban J connectivity index is 1.50. The number of nitrogens with zero attached hydrogens (tertiary/aromatic N) is 1. The van der Waals surface area contributed by atoms with Crippen LogP contribution in [0.4, 0.5) is 0 Å². The van der Waals surface area contributed by atoms with Crippen molar-refractivity contribution >= 4 is 28.9 Å². The lowest BCUT2D eigenvalue weighted by molar-refractivity contribution is 0.0444. The minimum absolute atomic E-state index is 0.136. The second-order valence-electron chi connectivity index (χ2n) is 5.20. The van der Waals surface area contributed by atoms with Gasteiger partial charge in [0.05, 0.1) is 7.11 Å². The Kier molecular flexibility index (Phi) is 6.09. The summed E-state index contributed by atoms with van der Waals surface area (Å²) in [6.07, 6.45) is 0. The van der Waals surface area contributed by atoms with Gasteiger partial charge < -0.3 is 14.2 Å². The standard InChI is InChI=1S/C19H16ClNO4S/c1-23-15-6-2-13(3-7-15)18-21-17(12-26-18)19(22)25-11-10-24-16-8-4-14(20)5-9-16/h2-9,12H,10-11H2,1H3. The molecule has 0 N–H and O–H groups in total. The summed E-state index contributed by atoms with van der Waals surface area (Å²) in [5.74, 6) is 0.965. The molecule has 0 fully saturated rings. The summed E-state index contributed by atoms with van der Waals surface area (Å²) in [6.45, 7) is 0.389. The van der Waals surface area contributed by atoms with Gasteiger partial charge in [-0.3, -0.25) is 0 Å². The SMILES string of the molecule is COc1ccc(-c2nc(C(=O)OCCOc3ccc(Cl)cc3)cs2)cc1. The van der Waals surface area contributed by atoms with Gasteiger partial charge in [-0.1, -0.05) is 11.6 Å². The smallest absolute Gasteiger partial charge is 0.357 e. The van der Waals surface area contributed by atoms with Crippen LogP contribution in [0.2, 0.25) is 5.02 Å². The lowest BCUT2D eigenvalue weighted by Gasteiger charge is -2.06. The number of carbonyl (C=O) groups excluding carboxylic acids is 1. The van der Waals surface area contributed by atoms with E-state index in [0.29, 0.717) is 10.8 Å². The number of methoxy groups -OCH3 is 1. The van der Waals surface area contributed by atoms with E-state index in [-0.39, 0.29) is 18.9 Å². The fourth-order valence-corrected chi connectivity index (χ4v) is 3.05. The summed E-state index contributed by atoms with van der Waals surface area (Å²) in [4.78, 5) is 16.4. The maximum absolute atomic E-state index is 12.1. The van der Waals surface area contributed by atoms with E-state index in [0.717, 1.165) is 16.3 Å². The van der Waals surface area contributed by atoms with Gasteiger partial charge in [0.2, 0.25) is 0 Å². The van der Waals surface area contributed by atoms with Crippen LogP contribution in [0.1, 0.15) is 10.5 Å². The molecular weight excluding hydrogens is 374 g/mol. The normalized spacial score (nSPS) is 10.4. The number of carbonyl (C=O) groups is 1. The van der Waals surface area contributed by atoms with Gasteiger partial charge in [-0.2, -0.15) is 0 Å². The maximum Gasteiger partial charge on any atom is 0.357 e. The largest absolute Gasteiger partial charge is 0.497 e. The highest BCUT2D eigenvalue weighted by Gasteiger charge is 2.13. The number of hydrogen-bond donors (Lipinski definition) is 0. The van der Waals surface area contributed by atoms with Crippen molar-refractivity contribution < 1.29 is 19.0 Å². The molecule has 0 saturated heterocycles. The Morgan fingerprint density at radius 2 is 1.73 bits per heavy atom. The summed E-state index contributed by atoms with van der Waals surface area (Å²) >= 11 is 7.19. The summed E-state index contributed by atoms with van der Waals surface area (Å²) < 4.78 is 15.8. The predicted molar refractivity (Wildman–Crippen MR) is 101 cm³/mol. The highest BCUT2D eigenvalue weighted by atomic mass is 35.5. The number of ether oxygens (including phenoxy) is 3. The third-order valence-electron chi connectivity index (χ3n) is 3.45. The van der Waals surface area contributed by atoms with Gasteiger partial charge in [-0.25, -0.2) is 9.78 Å². The fourth-order valence-electron chi connectivity index (χ4n) is 2.13. The van der Waals surface area contributed by atoms with Gasteiger partial charge in [0.1, 0.15) is 29.7 Å². The molecule has 3 rings (SSSR count). The van der Waals surface area contributed by atoms with E-state index in [1.165, 1.54) is 11.3 Å². The van der Waals surface area contributed by atoms with Crippen molar-refractivity contribution in [2.75, 3.05) is 20.3 Å². The van der Waals surface area contributed by atoms with Gasteiger partial charge in [0.15, 0.2) is 5.69 Å². The number of hydrogen-bond acceptors (Lipinski definition) is 6. The molecule has 1 heterocycles. The van der Waals surface area contributed by atoms with E-state index in [2.05, 4.69) is 4.98 Å². The molecule has 0 aliphatic rings. The van der Waals surface area contributed by atoms with Crippen LogP contribution >= 0.6 is 22.9 Å². The van der Waals surface area contributed by atoms with Crippen LogP contribution in [0.3, 0.4) is 0 Å². The molecule has 26 heavy (non-hydrogen) atoms. The summed E-state index contributed by atoms with van der Waals surface area (Å²) in [7, 11) is 1.61. The molecule has 0 bridgehead atoms. The van der Waals surface area contributed by atoms with Crippen molar-refractivity contribution in [3.63, 3.8) is 0 Å². The van der Waals surface area contributed by atoms with Crippen molar-refractivity contribution in [2.45, 2.75) is 0 Å². The molecule has 2 aromatic carbocycles. The fraction of sp³-hybridized carbons (Fsp3) is 0.158. The molecule has 134 valence electrons. The van der Waals surface area contributed by atoms with Crippen LogP contribution in [0.25, 0.3) is 10.6 Å². The molecule has 0 amide bonds. The van der Waals surface area contributed by atoms with Crippen LogP contribution in [0.15, 0.2) is 53.9 Å². The molecule has 5 nitrogen and oxygen atoms in total. The Hall–Kier alpha value is -2.57. The lowest BCUT2D eigenvalue weighted by Crippen LogP contribution is -2.12. The number of benzene rings is 2. The van der Waals surface area contributed by atoms with E-state index in [4.69, 9.17) is 25.8 Å². The minimum Gasteiger partial charge on any atom is -0.497 e. The molecule has 0 spiro atoms. The van der Waals surface area contributed by atoms with Crippen LogP contribution in [-0.2, 0) is 4.74 Å². The van der Waals surface area contributed by atoms with Crippen LogP contribution < -0.4 is 9.47 Å². The first-order chi connectivity index (χ1) is 12.7. The Bertz CT molecular complexity index is 862. The Morgan fingerprint density at radius 3 is 2.42 bits per heavy atom. The first-order valence-corrected chi connectivity index (χ1v) is 9.07. The summed E-state index contributed by atoms with van der Waals surface area (Å²) in [5.41, 5.74) is 1.20. The number of rotatable bonds is 7. The quantitative estimate of drug-likeness (QED) is 0.432. The second-order valence-corrected chi connectivity index (χ2v) is 6.50. The van der Waals surface area contributed by atoms with Gasteiger partial charge in [0.25, 0.3) is 0 Å². The molecule has 0 atom stereocenters. The number of aromatic nitrogens is 1. The predicted octanol–water partition coefficient (Wildman–Crippen LogP) is 4.71. The Morgan fingerprint density at radius 1 is 1.04 bits per heavy atom. The molecule has 0 aliphatic heterocycles. The first-order valence-electron chi connectivity index (χ1n) is 7.81. The van der Waals surface area contributed by atoms with Crippen molar-refractivity contribution in [3.05, 3.63) is 64.6 Å². The highest BCUT2D eigenvalue weighted by molar-refractivity contribution is 7.13. The van der Waals surface area contributed by atoms with Crippen molar-refractivity contribution in [1.29, 1.82) is 0 Å². The maximum atomic E-state index is 12.1. The second kappa shape index (κ2) is 8.69. The molecule has 0 saturated carbocycles. The molecule has 0 aliphatic carbocycles. The van der Waals surface area contributed by atoms with E-state index >= 15 is 0 Å². The number of halogens is 1. The molecule has 1 aromatic heterocycles. The molecule has 3 aromatic rings. The monoisotopic (exact) mass is 389 g/mol. The summed E-state index contributed by atoms with van der Waals surface area (Å²) in [5, 5.41) is 3.07. The molecule has 0 radical (unpaired) electrons. The topological polar surface area (TPSA) is 57.7 Å². The van der Waals surface area contributed by atoms with E-state index in [1.54, 1.807) is 36.8 Å². The van der Waals surface area contributed by atoms with E-state index in [9.17, 15) is 4.79 Å². The zero-order valence-electron chi connectivity index (χ0n) is 14.0. The molecule has 7 heteroatoms. The lowest BCUT2D eigenvalue weighted by atomic mass is 10.2. The van der Waals surface area contributed by atoms with Crippen molar-refractivity contribution in [1.82, 2.24) is 4.98 Å². The van der Waals surface area contributed by atoms with Gasteiger partial charge in [-0.05, 0) is 48.5 Å². The van der Waals surface area contributed by atoms with Gasteiger partial charge in [0, 0.05) is 16.0 Å². The number of esters is 1. The minimum atomic E-state index is -0.472. The average molecular weight is 390 g/mol. The zero-order chi connectivity index (χ0) is 18.4.